The smallest absolute Gasteiger partial charge is 0.595 e. The van der Waals surface area contributed by atoms with Crippen LogP contribution in [0.2, 0.25) is 0 Å². The van der Waals surface area contributed by atoms with Crippen LogP contribution in [0, 0.1) is 0 Å². The van der Waals surface area contributed by atoms with Crippen LogP contribution in [0.4, 0.5) is 13.2 Å². The number of fused-ring (bicyclic) bond motifs is 1. The molecule has 0 aliphatic carbocycles. The minimum absolute atomic E-state index is 0.149. The van der Waals surface area contributed by atoms with Crippen LogP contribution in [0.1, 0.15) is 5.56 Å². The number of pyridine rings is 1. The van der Waals surface area contributed by atoms with E-state index in [0.717, 1.165) is 18.3 Å². The summed E-state index contributed by atoms with van der Waals surface area (Å²) in [6, 6.07) is 1.56. The summed E-state index contributed by atoms with van der Waals surface area (Å²) in [6.45, 7) is -3.03. The van der Waals surface area contributed by atoms with Crippen LogP contribution in [0.5, 0.6) is 0 Å². The van der Waals surface area contributed by atoms with E-state index in [1.807, 2.05) is 0 Å². The average molecular weight is 302 g/mol. The maximum atomic E-state index is 12.8. The summed E-state index contributed by atoms with van der Waals surface area (Å²) < 4.78 is 48.4. The second-order valence-electron chi connectivity index (χ2n) is 5.41. The van der Waals surface area contributed by atoms with Gasteiger partial charge in [0.05, 0.1) is 5.56 Å². The number of halogens is 3. The Balaban J connectivity index is 2.14. The van der Waals surface area contributed by atoms with Gasteiger partial charge >= 0.3 is 24.8 Å². The van der Waals surface area contributed by atoms with Crippen molar-refractivity contribution in [3.05, 3.63) is 23.9 Å². The normalized spacial score (nSPS) is 31.8. The van der Waals surface area contributed by atoms with Crippen LogP contribution in [0.3, 0.4) is 0 Å². The first kappa shape index (κ1) is 13.9. The van der Waals surface area contributed by atoms with Crippen LogP contribution in [0.25, 0.3) is 0 Å². The Morgan fingerprint density at radius 3 is 2.33 bits per heavy atom. The number of hydrogen-bond donors (Lipinski definition) is 0. The van der Waals surface area contributed by atoms with Gasteiger partial charge in [-0.2, -0.15) is 13.2 Å². The molecule has 0 amide bonds. The van der Waals surface area contributed by atoms with E-state index in [9.17, 15) is 22.8 Å². The van der Waals surface area contributed by atoms with Crippen molar-refractivity contribution in [2.24, 2.45) is 0 Å². The summed E-state index contributed by atoms with van der Waals surface area (Å²) in [7, 11) is 1.53. The highest BCUT2D eigenvalue weighted by atomic mass is 19.4. The molecule has 10 heteroatoms. The average Bonchev–Trinajstić information content (AvgIpc) is 2.73. The third-order valence-corrected chi connectivity index (χ3v) is 3.87. The number of likely N-dealkylation sites (N-methyl/N-ethyl adjacent to an activating group) is 1. The van der Waals surface area contributed by atoms with E-state index in [2.05, 4.69) is 4.98 Å². The molecule has 0 N–H and O–H groups in total. The van der Waals surface area contributed by atoms with Crippen LogP contribution >= 0.6 is 0 Å². The predicted octanol–water partition coefficient (Wildman–Crippen LogP) is -0.194. The van der Waals surface area contributed by atoms with Gasteiger partial charge in [0, 0.05) is 18.8 Å². The van der Waals surface area contributed by atoms with Gasteiger partial charge in [-0.05, 0) is 6.07 Å². The fourth-order valence-corrected chi connectivity index (χ4v) is 2.86. The number of alkyl halides is 3. The van der Waals surface area contributed by atoms with Gasteiger partial charge in [0.25, 0.3) is 0 Å². The van der Waals surface area contributed by atoms with Crippen LogP contribution in [0.15, 0.2) is 18.3 Å². The SMILES string of the molecule is C[N+]12CC(=O)O[B-]1(c1cc(C(F)(F)F)ccn1)OC(=O)C2. The van der Waals surface area contributed by atoms with Crippen LogP contribution in [-0.2, 0) is 25.1 Å². The number of aromatic nitrogens is 1. The molecule has 2 saturated heterocycles. The molecule has 0 spiro atoms. The van der Waals surface area contributed by atoms with E-state index < -0.39 is 30.4 Å². The van der Waals surface area contributed by atoms with E-state index in [4.69, 9.17) is 9.31 Å². The van der Waals surface area contributed by atoms with Crippen molar-refractivity contribution in [2.75, 3.05) is 20.1 Å². The summed E-state index contributed by atoms with van der Waals surface area (Å²) in [6.07, 6.45) is -3.61. The van der Waals surface area contributed by atoms with Gasteiger partial charge in [0.2, 0.25) is 0 Å². The van der Waals surface area contributed by atoms with Crippen molar-refractivity contribution in [2.45, 2.75) is 6.18 Å². The number of rotatable bonds is 1. The van der Waals surface area contributed by atoms with E-state index in [-0.39, 0.29) is 23.1 Å². The maximum absolute atomic E-state index is 12.8. The molecule has 0 bridgehead atoms. The largest absolute Gasteiger partial charge is 0.632 e. The molecule has 0 atom stereocenters. The molecular formula is C11H10BF3N2O4. The molecule has 3 rings (SSSR count). The second-order valence-corrected chi connectivity index (χ2v) is 5.41. The molecule has 2 fully saturated rings. The van der Waals surface area contributed by atoms with Crippen LogP contribution < -0.4 is 5.59 Å². The molecule has 0 unspecified atom stereocenters. The number of carbonyl (C=O) groups is 2. The van der Waals surface area contributed by atoms with Gasteiger partial charge in [0.1, 0.15) is 13.1 Å². The molecule has 6 nitrogen and oxygen atoms in total. The molecule has 0 aromatic carbocycles. The number of hydrogen-bond acceptors (Lipinski definition) is 5. The minimum atomic E-state index is -4.57. The highest BCUT2D eigenvalue weighted by Crippen LogP contribution is 2.34. The summed E-state index contributed by atoms with van der Waals surface area (Å²) in [5.74, 6) is -1.27. The van der Waals surface area contributed by atoms with E-state index in [1.165, 1.54) is 7.05 Å². The Morgan fingerprint density at radius 1 is 1.24 bits per heavy atom. The summed E-state index contributed by atoms with van der Waals surface area (Å²) in [4.78, 5) is 27.0. The van der Waals surface area contributed by atoms with E-state index in [0.29, 0.717) is 0 Å². The summed E-state index contributed by atoms with van der Waals surface area (Å²) >= 11 is 0. The molecule has 3 heterocycles. The van der Waals surface area contributed by atoms with Crippen molar-refractivity contribution in [3.8, 4) is 0 Å². The lowest BCUT2D eigenvalue weighted by atomic mass is 9.64. The third-order valence-electron chi connectivity index (χ3n) is 3.87. The topological polar surface area (TPSA) is 65.5 Å². The zero-order chi connectivity index (χ0) is 15.5. The number of nitrogens with zero attached hydrogens (tertiary/aromatic N) is 2. The van der Waals surface area contributed by atoms with Crippen molar-refractivity contribution in [3.63, 3.8) is 0 Å². The van der Waals surface area contributed by atoms with Gasteiger partial charge < -0.3 is 13.7 Å². The molecule has 1 aromatic rings. The Labute approximate surface area is 117 Å². The molecule has 0 radical (unpaired) electrons. The lowest BCUT2D eigenvalue weighted by Gasteiger charge is -2.39. The first-order valence-corrected chi connectivity index (χ1v) is 6.12. The monoisotopic (exact) mass is 302 g/mol. The molecule has 2 aliphatic rings. The lowest BCUT2D eigenvalue weighted by Crippen LogP contribution is -2.68. The Morgan fingerprint density at radius 2 is 1.81 bits per heavy atom. The fraction of sp³-hybridized carbons (Fsp3) is 0.364. The standard InChI is InChI=1S/C11H10BF3N2O4/c1-17-5-9(18)20-12(17,21-10(19)6-17)8-4-7(2-3-16-8)11(13,14)15/h2-4H,5-6H2,1H3. The van der Waals surface area contributed by atoms with Crippen molar-refractivity contribution in [1.29, 1.82) is 0 Å². The lowest BCUT2D eigenvalue weighted by molar-refractivity contribution is -0.791. The minimum Gasteiger partial charge on any atom is -0.595 e. The molecule has 112 valence electrons. The Hall–Kier alpha value is -2.10. The highest BCUT2D eigenvalue weighted by Gasteiger charge is 2.67. The van der Waals surface area contributed by atoms with Crippen LogP contribution in [-0.4, -0.2) is 48.1 Å². The second kappa shape index (κ2) is 3.97. The van der Waals surface area contributed by atoms with Crippen molar-refractivity contribution >= 4 is 24.2 Å². The van der Waals surface area contributed by atoms with Gasteiger partial charge in [-0.3, -0.25) is 14.6 Å². The Kier molecular flexibility index (Phi) is 2.62. The first-order chi connectivity index (χ1) is 9.66. The summed E-state index contributed by atoms with van der Waals surface area (Å²) in [5, 5.41) is 0. The molecule has 21 heavy (non-hydrogen) atoms. The predicted molar refractivity (Wildman–Crippen MR) is 62.7 cm³/mol. The van der Waals surface area contributed by atoms with E-state index in [1.54, 1.807) is 0 Å². The number of quaternary nitrogens is 1. The third kappa shape index (κ3) is 1.89. The fourth-order valence-electron chi connectivity index (χ4n) is 2.86. The van der Waals surface area contributed by atoms with Crippen molar-refractivity contribution < 1.29 is 36.5 Å². The summed E-state index contributed by atoms with van der Waals surface area (Å²) in [5.41, 5.74) is -1.13. The van der Waals surface area contributed by atoms with Gasteiger partial charge in [0.15, 0.2) is 0 Å². The van der Waals surface area contributed by atoms with Crippen molar-refractivity contribution in [1.82, 2.24) is 4.98 Å². The molecule has 0 saturated carbocycles. The Bertz CT molecular complexity index is 629. The maximum Gasteiger partial charge on any atom is 0.632 e. The highest BCUT2D eigenvalue weighted by molar-refractivity contribution is 6.78. The molecular weight excluding hydrogens is 292 g/mol. The first-order valence-electron chi connectivity index (χ1n) is 6.12. The zero-order valence-corrected chi connectivity index (χ0v) is 10.9. The molecule has 2 aliphatic heterocycles. The number of carbonyl (C=O) groups excluding carboxylic acids is 2. The van der Waals surface area contributed by atoms with Gasteiger partial charge in [-0.1, -0.05) is 6.07 Å². The zero-order valence-electron chi connectivity index (χ0n) is 10.9. The van der Waals surface area contributed by atoms with E-state index >= 15 is 0 Å². The van der Waals surface area contributed by atoms with Gasteiger partial charge in [-0.25, -0.2) is 0 Å². The molecule has 1 aromatic heterocycles. The van der Waals surface area contributed by atoms with Gasteiger partial charge in [-0.15, -0.1) is 0 Å². The quantitative estimate of drug-likeness (QED) is 0.673.